The zero-order valence-electron chi connectivity index (χ0n) is 10.2. The average Bonchev–Trinajstić information content (AvgIpc) is 2.47. The van der Waals surface area contributed by atoms with Crippen LogP contribution in [0.5, 0.6) is 0 Å². The van der Waals surface area contributed by atoms with Gasteiger partial charge in [0.25, 0.3) is 11.6 Å². The molecule has 2 rings (SSSR count). The molecule has 0 saturated heterocycles. The lowest BCUT2D eigenvalue weighted by molar-refractivity contribution is -0.384. The highest BCUT2D eigenvalue weighted by atomic mass is 16.6. The number of nitrogens with zero attached hydrogens (tertiary/aromatic N) is 2. The lowest BCUT2D eigenvalue weighted by atomic mass is 10.2. The lowest BCUT2D eigenvalue weighted by Gasteiger charge is -2.08. The molecule has 0 unspecified atom stereocenters. The van der Waals surface area contributed by atoms with Gasteiger partial charge in [-0.2, -0.15) is 0 Å². The van der Waals surface area contributed by atoms with Gasteiger partial charge in [0.15, 0.2) is 5.82 Å². The summed E-state index contributed by atoms with van der Waals surface area (Å²) >= 11 is 0. The number of pyridine rings is 1. The number of hydrogen-bond donors (Lipinski definition) is 3. The van der Waals surface area contributed by atoms with Crippen molar-refractivity contribution in [2.24, 2.45) is 5.84 Å². The molecule has 1 aromatic carbocycles. The van der Waals surface area contributed by atoms with Crippen molar-refractivity contribution in [2.45, 2.75) is 0 Å². The van der Waals surface area contributed by atoms with E-state index in [1.165, 1.54) is 30.5 Å². The molecule has 4 N–H and O–H groups in total. The second-order valence-corrected chi connectivity index (χ2v) is 3.81. The molecule has 8 nitrogen and oxygen atoms in total. The first-order chi connectivity index (χ1) is 9.61. The number of amides is 1. The third-order valence-corrected chi connectivity index (χ3v) is 2.50. The maximum atomic E-state index is 12.1. The van der Waals surface area contributed by atoms with E-state index in [9.17, 15) is 14.9 Å². The summed E-state index contributed by atoms with van der Waals surface area (Å²) in [6.07, 6.45) is 1.49. The Hall–Kier alpha value is -3.00. The second-order valence-electron chi connectivity index (χ2n) is 3.81. The normalized spacial score (nSPS) is 9.85. The number of nitro benzene ring substituents is 1. The van der Waals surface area contributed by atoms with E-state index in [1.807, 2.05) is 0 Å². The minimum atomic E-state index is -0.535. The van der Waals surface area contributed by atoms with Crippen molar-refractivity contribution in [3.8, 4) is 0 Å². The van der Waals surface area contributed by atoms with Gasteiger partial charge in [-0.15, -0.1) is 0 Å². The molecule has 8 heteroatoms. The predicted octanol–water partition coefficient (Wildman–Crippen LogP) is 1.53. The Bertz CT molecular complexity index is 659. The van der Waals surface area contributed by atoms with Crippen molar-refractivity contribution in [3.63, 3.8) is 0 Å². The van der Waals surface area contributed by atoms with Gasteiger partial charge in [0.2, 0.25) is 0 Å². The summed E-state index contributed by atoms with van der Waals surface area (Å²) in [7, 11) is 0. The van der Waals surface area contributed by atoms with E-state index >= 15 is 0 Å². The van der Waals surface area contributed by atoms with Gasteiger partial charge in [-0.05, 0) is 18.2 Å². The minimum absolute atomic E-state index is 0.105. The smallest absolute Gasteiger partial charge is 0.271 e. The van der Waals surface area contributed by atoms with Crippen molar-refractivity contribution in [1.29, 1.82) is 0 Å². The molecule has 0 saturated carbocycles. The van der Waals surface area contributed by atoms with Gasteiger partial charge < -0.3 is 10.7 Å². The molecule has 20 heavy (non-hydrogen) atoms. The van der Waals surface area contributed by atoms with Crippen LogP contribution in [0.1, 0.15) is 10.4 Å². The van der Waals surface area contributed by atoms with Gasteiger partial charge in [-0.1, -0.05) is 6.07 Å². The quantitative estimate of drug-likeness (QED) is 0.441. The predicted molar refractivity (Wildman–Crippen MR) is 73.1 cm³/mol. The highest BCUT2D eigenvalue weighted by Gasteiger charge is 2.13. The van der Waals surface area contributed by atoms with Crippen LogP contribution in [0.15, 0.2) is 42.6 Å². The molecule has 1 aromatic heterocycles. The van der Waals surface area contributed by atoms with Gasteiger partial charge in [-0.25, -0.2) is 10.8 Å². The number of nitrogens with one attached hydrogen (secondary N) is 2. The van der Waals surface area contributed by atoms with Gasteiger partial charge in [0, 0.05) is 24.0 Å². The number of hydrogen-bond acceptors (Lipinski definition) is 6. The summed E-state index contributed by atoms with van der Waals surface area (Å²) in [4.78, 5) is 26.1. The number of rotatable bonds is 4. The number of carbonyl (C=O) groups excluding carboxylic acids is 1. The van der Waals surface area contributed by atoms with Crippen molar-refractivity contribution in [1.82, 2.24) is 4.98 Å². The van der Waals surface area contributed by atoms with E-state index < -0.39 is 10.8 Å². The largest absolute Gasteiger partial charge is 0.322 e. The van der Waals surface area contributed by atoms with E-state index in [4.69, 9.17) is 5.84 Å². The molecule has 0 bridgehead atoms. The molecule has 0 spiro atoms. The number of carbonyl (C=O) groups is 1. The molecule has 0 fully saturated rings. The maximum Gasteiger partial charge on any atom is 0.271 e. The molecule has 0 aliphatic heterocycles. The number of nitro groups is 1. The molecule has 0 radical (unpaired) electrons. The van der Waals surface area contributed by atoms with E-state index in [1.54, 1.807) is 12.1 Å². The van der Waals surface area contributed by atoms with Gasteiger partial charge in [0.05, 0.1) is 10.5 Å². The van der Waals surface area contributed by atoms with Crippen LogP contribution in [0, 0.1) is 10.1 Å². The van der Waals surface area contributed by atoms with Crippen molar-refractivity contribution < 1.29 is 9.72 Å². The fraction of sp³-hybridized carbons (Fsp3) is 0. The van der Waals surface area contributed by atoms with E-state index in [2.05, 4.69) is 15.7 Å². The Morgan fingerprint density at radius 3 is 2.80 bits per heavy atom. The molecule has 0 atom stereocenters. The summed E-state index contributed by atoms with van der Waals surface area (Å²) in [5, 5.41) is 13.2. The highest BCUT2D eigenvalue weighted by Crippen LogP contribution is 2.19. The van der Waals surface area contributed by atoms with Crippen molar-refractivity contribution in [3.05, 3.63) is 58.3 Å². The fourth-order valence-corrected chi connectivity index (χ4v) is 1.60. The Morgan fingerprint density at radius 2 is 2.10 bits per heavy atom. The first kappa shape index (κ1) is 13.4. The van der Waals surface area contributed by atoms with Crippen LogP contribution < -0.4 is 16.6 Å². The molecule has 1 heterocycles. The second kappa shape index (κ2) is 5.76. The van der Waals surface area contributed by atoms with Crippen LogP contribution in [0.3, 0.4) is 0 Å². The Kier molecular flexibility index (Phi) is 3.87. The number of aromatic nitrogens is 1. The molecule has 2 aromatic rings. The summed E-state index contributed by atoms with van der Waals surface area (Å²) in [6, 6.07) is 8.77. The van der Waals surface area contributed by atoms with E-state index in [0.29, 0.717) is 5.69 Å². The molecule has 0 aliphatic rings. The van der Waals surface area contributed by atoms with Crippen LogP contribution in [-0.4, -0.2) is 15.8 Å². The van der Waals surface area contributed by atoms with Crippen LogP contribution in [0.4, 0.5) is 17.2 Å². The van der Waals surface area contributed by atoms with Crippen LogP contribution in [-0.2, 0) is 0 Å². The third kappa shape index (κ3) is 2.87. The van der Waals surface area contributed by atoms with E-state index in [0.717, 1.165) is 0 Å². The number of nitrogens with two attached hydrogens (primary N) is 1. The molecular weight excluding hydrogens is 262 g/mol. The summed E-state index contributed by atoms with van der Waals surface area (Å²) in [5.41, 5.74) is 2.76. The molecule has 102 valence electrons. The third-order valence-electron chi connectivity index (χ3n) is 2.50. The first-order valence-electron chi connectivity index (χ1n) is 5.59. The van der Waals surface area contributed by atoms with Gasteiger partial charge in [-0.3, -0.25) is 14.9 Å². The van der Waals surface area contributed by atoms with Gasteiger partial charge >= 0.3 is 0 Å². The topological polar surface area (TPSA) is 123 Å². The Balaban J connectivity index is 2.23. The van der Waals surface area contributed by atoms with Crippen LogP contribution in [0.25, 0.3) is 0 Å². The van der Waals surface area contributed by atoms with Crippen LogP contribution in [0.2, 0.25) is 0 Å². The Labute approximate surface area is 113 Å². The lowest BCUT2D eigenvalue weighted by Crippen LogP contribution is -2.18. The van der Waals surface area contributed by atoms with Gasteiger partial charge in [0.1, 0.15) is 0 Å². The summed E-state index contributed by atoms with van der Waals surface area (Å²) in [5.74, 6) is 5.02. The molecule has 1 amide bonds. The minimum Gasteiger partial charge on any atom is -0.322 e. The number of anilines is 2. The number of benzene rings is 1. The van der Waals surface area contributed by atoms with Crippen LogP contribution >= 0.6 is 0 Å². The average molecular weight is 273 g/mol. The fourth-order valence-electron chi connectivity index (χ4n) is 1.60. The Morgan fingerprint density at radius 1 is 1.30 bits per heavy atom. The number of non-ortho nitro benzene ring substituents is 1. The first-order valence-corrected chi connectivity index (χ1v) is 5.59. The monoisotopic (exact) mass is 273 g/mol. The molecular formula is C12H11N5O3. The SMILES string of the molecule is NNc1ncccc1C(=O)Nc1cccc([N+](=O)[O-])c1. The summed E-state index contributed by atoms with van der Waals surface area (Å²) < 4.78 is 0. The van der Waals surface area contributed by atoms with Crippen molar-refractivity contribution in [2.75, 3.05) is 10.7 Å². The zero-order chi connectivity index (χ0) is 14.5. The standard InChI is InChI=1S/C12H11N5O3/c13-16-11-10(5-2-6-14-11)12(18)15-8-3-1-4-9(7-8)17(19)20/h1-7H,13H2,(H,14,16)(H,15,18). The summed E-state index contributed by atoms with van der Waals surface area (Å²) in [6.45, 7) is 0. The maximum absolute atomic E-state index is 12.1. The molecule has 0 aliphatic carbocycles. The number of hydrazine groups is 1. The van der Waals surface area contributed by atoms with E-state index in [-0.39, 0.29) is 17.1 Å². The number of nitrogen functional groups attached to an aromatic ring is 1. The highest BCUT2D eigenvalue weighted by molar-refractivity contribution is 6.07. The van der Waals surface area contributed by atoms with Crippen molar-refractivity contribution >= 4 is 23.1 Å². The zero-order valence-corrected chi connectivity index (χ0v) is 10.2.